The Hall–Kier alpha value is -4.67. The summed E-state index contributed by atoms with van der Waals surface area (Å²) in [5, 5.41) is 4.98. The zero-order chi connectivity index (χ0) is 40.0. The van der Waals surface area contributed by atoms with Crippen LogP contribution in [0.2, 0.25) is 0 Å². The van der Waals surface area contributed by atoms with Crippen molar-refractivity contribution in [2.45, 2.75) is 129 Å². The van der Waals surface area contributed by atoms with Crippen LogP contribution in [-0.2, 0) is 24.0 Å². The van der Waals surface area contributed by atoms with Crippen LogP contribution < -0.4 is 10.1 Å². The Bertz CT molecular complexity index is 1880. The van der Waals surface area contributed by atoms with Gasteiger partial charge in [0.1, 0.15) is 17.9 Å². The lowest BCUT2D eigenvalue weighted by molar-refractivity contribution is -0.145. The molecule has 0 spiro atoms. The van der Waals surface area contributed by atoms with Crippen LogP contribution in [-0.4, -0.2) is 74.5 Å². The molecule has 3 aromatic rings. The standard InChI is InChI=1S/C45H58N4O7/c1-5-12-31(40(53)37(51)23-28-19-20-28)24-36(50)35-25-32(56-39-18-11-16-29-15-9-10-17-33(29)39)27-49(35)44(55)41(45(2,3)4)48-43(54)34(30-13-7-6-8-14-30)26-38(52)42-46-21-22-47-42/h9-11,15-18,21-22,28,30-32,34-35,41H,5-8,12-14,19-20,23-27H2,1-4H3,(H,46,47)(H,48,54)/t31-,32-,34+,35+,41-/m1/s1. The van der Waals surface area contributed by atoms with Crippen molar-refractivity contribution >= 4 is 45.7 Å². The zero-order valence-corrected chi connectivity index (χ0v) is 33.4. The number of benzene rings is 2. The predicted octanol–water partition coefficient (Wildman–Crippen LogP) is 7.23. The molecule has 1 aromatic heterocycles. The number of ether oxygens (including phenoxy) is 1. The van der Waals surface area contributed by atoms with Gasteiger partial charge >= 0.3 is 0 Å². The molecule has 2 N–H and O–H groups in total. The lowest BCUT2D eigenvalue weighted by atomic mass is 9.76. The monoisotopic (exact) mass is 766 g/mol. The molecule has 2 saturated carbocycles. The van der Waals surface area contributed by atoms with Crippen LogP contribution in [0.15, 0.2) is 54.9 Å². The highest BCUT2D eigenvalue weighted by Gasteiger charge is 2.47. The van der Waals surface area contributed by atoms with E-state index in [1.165, 1.54) is 11.1 Å². The average Bonchev–Trinajstić information content (AvgIpc) is 3.62. The molecular formula is C45H58N4O7. The van der Waals surface area contributed by atoms with Gasteiger partial charge in [-0.15, -0.1) is 0 Å². The first-order valence-electron chi connectivity index (χ1n) is 20.7. The molecule has 2 heterocycles. The molecule has 0 unspecified atom stereocenters. The first-order chi connectivity index (χ1) is 26.8. The number of H-pyrrole nitrogens is 1. The molecule has 2 aromatic carbocycles. The Morgan fingerprint density at radius 3 is 2.36 bits per heavy atom. The molecule has 0 bridgehead atoms. The summed E-state index contributed by atoms with van der Waals surface area (Å²) in [6.45, 7) is 7.64. The number of carbonyl (C=O) groups excluding carboxylic acids is 6. The lowest BCUT2D eigenvalue weighted by Crippen LogP contribution is -2.58. The van der Waals surface area contributed by atoms with Gasteiger partial charge in [-0.25, -0.2) is 4.98 Å². The Morgan fingerprint density at radius 1 is 0.946 bits per heavy atom. The minimum atomic E-state index is -1.03. The molecule has 3 aliphatic rings. The Kier molecular flexibility index (Phi) is 13.2. The van der Waals surface area contributed by atoms with Gasteiger partial charge in [0.05, 0.1) is 12.6 Å². The maximum atomic E-state index is 14.9. The molecular weight excluding hydrogens is 709 g/mol. The number of aromatic amines is 1. The van der Waals surface area contributed by atoms with Crippen molar-refractivity contribution in [1.82, 2.24) is 20.2 Å². The first-order valence-corrected chi connectivity index (χ1v) is 20.7. The third kappa shape index (κ3) is 10.0. The number of ketones is 4. The van der Waals surface area contributed by atoms with E-state index in [0.29, 0.717) is 18.6 Å². The molecule has 11 nitrogen and oxygen atoms in total. The van der Waals surface area contributed by atoms with Crippen LogP contribution in [0.4, 0.5) is 0 Å². The number of rotatable bonds is 18. The largest absolute Gasteiger partial charge is 0.488 e. The van der Waals surface area contributed by atoms with E-state index in [9.17, 15) is 28.8 Å². The first kappa shape index (κ1) is 41.0. The molecule has 300 valence electrons. The van der Waals surface area contributed by atoms with Gasteiger partial charge in [-0.3, -0.25) is 28.8 Å². The smallest absolute Gasteiger partial charge is 0.246 e. The SMILES string of the molecule is CCC[C@H](CC(=O)[C@@H]1C[C@@H](Oc2cccc3ccccc23)CN1C(=O)[C@@H](NC(=O)[C@@H](CC(=O)c1ncc[nH]1)C1CCCCC1)C(C)(C)C)C(=O)C(=O)CC1CC1. The van der Waals surface area contributed by atoms with Gasteiger partial charge in [0, 0.05) is 55.3 Å². The summed E-state index contributed by atoms with van der Waals surface area (Å²) in [5.74, 6) is -2.59. The van der Waals surface area contributed by atoms with Crippen molar-refractivity contribution in [3.05, 3.63) is 60.7 Å². The van der Waals surface area contributed by atoms with Crippen LogP contribution >= 0.6 is 0 Å². The van der Waals surface area contributed by atoms with Crippen molar-refractivity contribution in [1.29, 1.82) is 0 Å². The van der Waals surface area contributed by atoms with E-state index in [2.05, 4.69) is 15.3 Å². The fraction of sp³-hybridized carbons (Fsp3) is 0.578. The van der Waals surface area contributed by atoms with Crippen LogP contribution in [0, 0.1) is 29.1 Å². The van der Waals surface area contributed by atoms with E-state index in [-0.39, 0.29) is 67.4 Å². The molecule has 1 aliphatic heterocycles. The van der Waals surface area contributed by atoms with Gasteiger partial charge in [0.15, 0.2) is 23.2 Å². The molecule has 11 heteroatoms. The van der Waals surface area contributed by atoms with Crippen LogP contribution in [0.25, 0.3) is 10.8 Å². The highest BCUT2D eigenvalue weighted by molar-refractivity contribution is 6.38. The number of hydrogen-bond donors (Lipinski definition) is 2. The van der Waals surface area contributed by atoms with Crippen molar-refractivity contribution in [2.75, 3.05) is 6.54 Å². The third-order valence-corrected chi connectivity index (χ3v) is 12.0. The Morgan fingerprint density at radius 2 is 1.68 bits per heavy atom. The average molecular weight is 767 g/mol. The molecule has 3 fully saturated rings. The number of Topliss-reactive ketones (excluding diaryl/α,β-unsaturated/α-hetero) is 4. The highest BCUT2D eigenvalue weighted by Crippen LogP contribution is 2.36. The normalized spacial score (nSPS) is 20.6. The molecule has 1 saturated heterocycles. The molecule has 2 aliphatic carbocycles. The Labute approximate surface area is 330 Å². The van der Waals surface area contributed by atoms with Gasteiger partial charge in [-0.05, 0) is 60.8 Å². The molecule has 56 heavy (non-hydrogen) atoms. The number of carbonyl (C=O) groups is 6. The molecule has 5 atom stereocenters. The van der Waals surface area contributed by atoms with Crippen molar-refractivity contribution in [3.8, 4) is 5.75 Å². The maximum absolute atomic E-state index is 14.9. The summed E-state index contributed by atoms with van der Waals surface area (Å²) in [5.41, 5.74) is -0.771. The number of imidazole rings is 1. The fourth-order valence-electron chi connectivity index (χ4n) is 8.66. The molecule has 0 radical (unpaired) electrons. The summed E-state index contributed by atoms with van der Waals surface area (Å²) in [6.07, 6.45) is 10.3. The number of fused-ring (bicyclic) bond motifs is 1. The summed E-state index contributed by atoms with van der Waals surface area (Å²) < 4.78 is 6.58. The second kappa shape index (κ2) is 18.1. The number of aromatic nitrogens is 2. The summed E-state index contributed by atoms with van der Waals surface area (Å²) in [6, 6.07) is 11.7. The second-order valence-electron chi connectivity index (χ2n) is 17.4. The lowest BCUT2D eigenvalue weighted by Gasteiger charge is -2.37. The predicted molar refractivity (Wildman–Crippen MR) is 213 cm³/mol. The number of hydrogen-bond acceptors (Lipinski definition) is 8. The van der Waals surface area contributed by atoms with Crippen molar-refractivity contribution in [2.24, 2.45) is 29.1 Å². The van der Waals surface area contributed by atoms with Crippen LogP contribution in [0.1, 0.15) is 122 Å². The molecule has 6 rings (SSSR count). The quantitative estimate of drug-likeness (QED) is 0.102. The fourth-order valence-corrected chi connectivity index (χ4v) is 8.66. The van der Waals surface area contributed by atoms with Crippen molar-refractivity contribution < 1.29 is 33.5 Å². The molecule has 2 amide bonds. The zero-order valence-electron chi connectivity index (χ0n) is 33.4. The van der Waals surface area contributed by atoms with E-state index in [0.717, 1.165) is 55.7 Å². The number of likely N-dealkylation sites (tertiary alicyclic amines) is 1. The van der Waals surface area contributed by atoms with Crippen LogP contribution in [0.3, 0.4) is 0 Å². The van der Waals surface area contributed by atoms with Crippen LogP contribution in [0.5, 0.6) is 5.75 Å². The van der Waals surface area contributed by atoms with E-state index < -0.39 is 52.9 Å². The van der Waals surface area contributed by atoms with Gasteiger partial charge in [0.25, 0.3) is 0 Å². The van der Waals surface area contributed by atoms with Gasteiger partial charge in [-0.2, -0.15) is 0 Å². The van der Waals surface area contributed by atoms with E-state index in [1.54, 1.807) is 6.20 Å². The van der Waals surface area contributed by atoms with E-state index in [4.69, 9.17) is 4.74 Å². The number of nitrogens with one attached hydrogen (secondary N) is 2. The highest BCUT2D eigenvalue weighted by atomic mass is 16.5. The minimum absolute atomic E-state index is 0.0198. The summed E-state index contributed by atoms with van der Waals surface area (Å²) in [4.78, 5) is 91.9. The third-order valence-electron chi connectivity index (χ3n) is 12.0. The van der Waals surface area contributed by atoms with Gasteiger partial charge < -0.3 is 19.9 Å². The van der Waals surface area contributed by atoms with Gasteiger partial charge in [0.2, 0.25) is 17.6 Å². The Balaban J connectivity index is 1.27. The maximum Gasteiger partial charge on any atom is 0.246 e. The van der Waals surface area contributed by atoms with E-state index in [1.807, 2.05) is 70.2 Å². The van der Waals surface area contributed by atoms with Gasteiger partial charge in [-0.1, -0.05) is 89.8 Å². The number of nitrogens with zero attached hydrogens (tertiary/aromatic N) is 2. The second-order valence-corrected chi connectivity index (χ2v) is 17.4. The van der Waals surface area contributed by atoms with E-state index >= 15 is 0 Å². The van der Waals surface area contributed by atoms with Crippen molar-refractivity contribution in [3.63, 3.8) is 0 Å². The minimum Gasteiger partial charge on any atom is -0.488 e. The summed E-state index contributed by atoms with van der Waals surface area (Å²) >= 11 is 0. The number of amides is 2. The summed E-state index contributed by atoms with van der Waals surface area (Å²) in [7, 11) is 0. The topological polar surface area (TPSA) is 156 Å².